The van der Waals surface area contributed by atoms with Gasteiger partial charge in [0.2, 0.25) is 0 Å². The maximum atomic E-state index is 3.86. The summed E-state index contributed by atoms with van der Waals surface area (Å²) in [5.74, 6) is 1.80. The maximum Gasteiger partial charge on any atom is 0.0426 e. The Kier molecular flexibility index (Phi) is 2.39. The van der Waals surface area contributed by atoms with Crippen LogP contribution in [0.2, 0.25) is 0 Å². The van der Waals surface area contributed by atoms with E-state index in [0.29, 0.717) is 4.83 Å². The first kappa shape index (κ1) is 9.89. The average Bonchev–Trinajstić information content (AvgIpc) is 2.80. The van der Waals surface area contributed by atoms with Crippen LogP contribution in [0.4, 0.5) is 0 Å². The SMILES string of the molecule is CC1CC1C(Br)c1ccc2c(c1)CCC2. The van der Waals surface area contributed by atoms with Gasteiger partial charge in [-0.2, -0.15) is 0 Å². The molecule has 1 fully saturated rings. The van der Waals surface area contributed by atoms with E-state index >= 15 is 0 Å². The summed E-state index contributed by atoms with van der Waals surface area (Å²) in [4.78, 5) is 0.596. The summed E-state index contributed by atoms with van der Waals surface area (Å²) in [5, 5.41) is 0. The molecule has 2 aliphatic rings. The Hall–Kier alpha value is -0.300. The fraction of sp³-hybridized carbons (Fsp3) is 0.571. The minimum Gasteiger partial charge on any atom is -0.0836 e. The van der Waals surface area contributed by atoms with Gasteiger partial charge in [-0.25, -0.2) is 0 Å². The number of fused-ring (bicyclic) bond motifs is 1. The summed E-state index contributed by atoms with van der Waals surface area (Å²) in [6.45, 7) is 2.35. The molecule has 0 nitrogen and oxygen atoms in total. The molecule has 0 aromatic heterocycles. The molecule has 3 rings (SSSR count). The van der Waals surface area contributed by atoms with Crippen LogP contribution in [0.25, 0.3) is 0 Å². The minimum atomic E-state index is 0.596. The summed E-state index contributed by atoms with van der Waals surface area (Å²) < 4.78 is 0. The van der Waals surface area contributed by atoms with Crippen molar-refractivity contribution in [1.29, 1.82) is 0 Å². The zero-order chi connectivity index (χ0) is 10.4. The lowest BCUT2D eigenvalue weighted by Gasteiger charge is -2.11. The van der Waals surface area contributed by atoms with Crippen molar-refractivity contribution in [2.24, 2.45) is 11.8 Å². The number of alkyl halides is 1. The summed E-state index contributed by atoms with van der Waals surface area (Å²) in [7, 11) is 0. The second-order valence-corrected chi connectivity index (χ2v) is 6.15. The second kappa shape index (κ2) is 3.62. The number of benzene rings is 1. The zero-order valence-corrected chi connectivity index (χ0v) is 10.8. The van der Waals surface area contributed by atoms with Crippen LogP contribution < -0.4 is 0 Å². The molecule has 0 N–H and O–H groups in total. The molecule has 1 aromatic carbocycles. The van der Waals surface area contributed by atoms with E-state index in [4.69, 9.17) is 0 Å². The van der Waals surface area contributed by atoms with Crippen molar-refractivity contribution in [3.05, 3.63) is 34.9 Å². The van der Waals surface area contributed by atoms with Gasteiger partial charge in [0.15, 0.2) is 0 Å². The number of hydrogen-bond acceptors (Lipinski definition) is 0. The molecule has 1 aromatic rings. The topological polar surface area (TPSA) is 0 Å². The van der Waals surface area contributed by atoms with Crippen molar-refractivity contribution < 1.29 is 0 Å². The molecule has 1 heteroatoms. The summed E-state index contributed by atoms with van der Waals surface area (Å²) in [6, 6.07) is 7.11. The van der Waals surface area contributed by atoms with Crippen LogP contribution in [-0.4, -0.2) is 0 Å². The Morgan fingerprint density at radius 2 is 2.00 bits per heavy atom. The van der Waals surface area contributed by atoms with Gasteiger partial charge in [0.05, 0.1) is 0 Å². The average molecular weight is 265 g/mol. The van der Waals surface area contributed by atoms with E-state index in [1.807, 2.05) is 0 Å². The number of halogens is 1. The van der Waals surface area contributed by atoms with Crippen molar-refractivity contribution in [3.63, 3.8) is 0 Å². The van der Waals surface area contributed by atoms with Crippen LogP contribution in [0.1, 0.15) is 41.3 Å². The van der Waals surface area contributed by atoms with Gasteiger partial charge in [-0.15, -0.1) is 0 Å². The van der Waals surface area contributed by atoms with E-state index in [1.54, 1.807) is 11.1 Å². The quantitative estimate of drug-likeness (QED) is 0.700. The van der Waals surface area contributed by atoms with Crippen molar-refractivity contribution >= 4 is 15.9 Å². The molecule has 0 spiro atoms. The predicted octanol–water partition coefficient (Wildman–Crippen LogP) is 4.27. The molecule has 1 saturated carbocycles. The maximum absolute atomic E-state index is 3.86. The number of aryl methyl sites for hydroxylation is 2. The Morgan fingerprint density at radius 3 is 2.73 bits per heavy atom. The highest BCUT2D eigenvalue weighted by molar-refractivity contribution is 9.09. The van der Waals surface area contributed by atoms with Gasteiger partial charge in [-0.1, -0.05) is 41.1 Å². The lowest BCUT2D eigenvalue weighted by molar-refractivity contribution is 0.739. The van der Waals surface area contributed by atoms with Crippen LogP contribution in [0, 0.1) is 11.8 Å². The predicted molar refractivity (Wildman–Crippen MR) is 67.4 cm³/mol. The molecule has 80 valence electrons. The van der Waals surface area contributed by atoms with Crippen LogP contribution >= 0.6 is 15.9 Å². The zero-order valence-electron chi connectivity index (χ0n) is 9.17. The van der Waals surface area contributed by atoms with Crippen molar-refractivity contribution in [2.45, 2.75) is 37.4 Å². The first-order valence-electron chi connectivity index (χ1n) is 6.01. The molecule has 0 heterocycles. The second-order valence-electron chi connectivity index (χ2n) is 5.16. The third kappa shape index (κ3) is 1.75. The van der Waals surface area contributed by atoms with Crippen LogP contribution in [-0.2, 0) is 12.8 Å². The van der Waals surface area contributed by atoms with Gasteiger partial charge in [0.1, 0.15) is 0 Å². The Balaban J connectivity index is 1.86. The highest BCUT2D eigenvalue weighted by Gasteiger charge is 2.38. The summed E-state index contributed by atoms with van der Waals surface area (Å²) in [6.07, 6.45) is 5.34. The molecule has 3 atom stereocenters. The summed E-state index contributed by atoms with van der Waals surface area (Å²) >= 11 is 3.86. The molecule has 3 unspecified atom stereocenters. The summed E-state index contributed by atoms with van der Waals surface area (Å²) in [5.41, 5.74) is 4.69. The van der Waals surface area contributed by atoms with Gasteiger partial charge >= 0.3 is 0 Å². The van der Waals surface area contributed by atoms with Gasteiger partial charge in [-0.05, 0) is 54.2 Å². The highest BCUT2D eigenvalue weighted by atomic mass is 79.9. The Bertz CT molecular complexity index is 383. The first-order chi connectivity index (χ1) is 7.25. The molecule has 0 aliphatic heterocycles. The molecule has 15 heavy (non-hydrogen) atoms. The van der Waals surface area contributed by atoms with Crippen LogP contribution in [0.5, 0.6) is 0 Å². The third-order valence-electron chi connectivity index (χ3n) is 3.99. The molecule has 0 radical (unpaired) electrons. The molecule has 0 amide bonds. The minimum absolute atomic E-state index is 0.596. The number of hydrogen-bond donors (Lipinski definition) is 0. The lowest BCUT2D eigenvalue weighted by atomic mass is 10.0. The first-order valence-corrected chi connectivity index (χ1v) is 6.93. The van der Waals surface area contributed by atoms with Crippen LogP contribution in [0.15, 0.2) is 18.2 Å². The van der Waals surface area contributed by atoms with E-state index in [-0.39, 0.29) is 0 Å². The standard InChI is InChI=1S/C14H17Br/c1-9-7-13(9)14(15)12-6-5-10-3-2-4-11(10)8-12/h5-6,8-9,13-14H,2-4,7H2,1H3. The molecule has 2 aliphatic carbocycles. The van der Waals surface area contributed by atoms with E-state index in [9.17, 15) is 0 Å². The van der Waals surface area contributed by atoms with Gasteiger partial charge in [0.25, 0.3) is 0 Å². The van der Waals surface area contributed by atoms with Crippen LogP contribution in [0.3, 0.4) is 0 Å². The van der Waals surface area contributed by atoms with Gasteiger partial charge < -0.3 is 0 Å². The largest absolute Gasteiger partial charge is 0.0836 e. The van der Waals surface area contributed by atoms with Gasteiger partial charge in [0, 0.05) is 4.83 Å². The van der Waals surface area contributed by atoms with Crippen molar-refractivity contribution in [2.75, 3.05) is 0 Å². The molecular formula is C14H17Br. The van der Waals surface area contributed by atoms with Crippen molar-refractivity contribution in [1.82, 2.24) is 0 Å². The van der Waals surface area contributed by atoms with E-state index in [2.05, 4.69) is 41.1 Å². The fourth-order valence-corrected chi connectivity index (χ4v) is 3.79. The smallest absolute Gasteiger partial charge is 0.0426 e. The molecule has 0 saturated heterocycles. The van der Waals surface area contributed by atoms with E-state index < -0.39 is 0 Å². The van der Waals surface area contributed by atoms with Crippen molar-refractivity contribution in [3.8, 4) is 0 Å². The number of rotatable bonds is 2. The monoisotopic (exact) mass is 264 g/mol. The highest BCUT2D eigenvalue weighted by Crippen LogP contribution is 2.51. The van der Waals surface area contributed by atoms with Gasteiger partial charge in [-0.3, -0.25) is 0 Å². The fourth-order valence-electron chi connectivity index (χ4n) is 2.77. The Labute approximate surface area is 100 Å². The van der Waals surface area contributed by atoms with E-state index in [0.717, 1.165) is 11.8 Å². The molecule has 0 bridgehead atoms. The third-order valence-corrected chi connectivity index (χ3v) is 5.20. The Morgan fingerprint density at radius 1 is 1.27 bits per heavy atom. The molecular weight excluding hydrogens is 248 g/mol. The van der Waals surface area contributed by atoms with E-state index in [1.165, 1.54) is 31.2 Å². The lowest BCUT2D eigenvalue weighted by Crippen LogP contribution is -1.95. The normalized spacial score (nSPS) is 30.0.